The molecule has 0 spiro atoms. The standard InChI is InChI=1S/C7H4Br2I2/c8-6-1-4(11)2-7(9)5(6)3-10/h1-2H,3H2. The first kappa shape index (κ1) is 10.7. The maximum Gasteiger partial charge on any atom is 0.0269 e. The SMILES string of the molecule is Brc1cc(I)cc(Br)c1CI. The number of alkyl halides is 1. The Balaban J connectivity index is 3.25. The van der Waals surface area contributed by atoms with Crippen LogP contribution in [0, 0.1) is 3.57 Å². The molecule has 0 unspecified atom stereocenters. The number of hydrogen-bond donors (Lipinski definition) is 0. The molecule has 0 aliphatic carbocycles. The van der Waals surface area contributed by atoms with E-state index in [9.17, 15) is 0 Å². The van der Waals surface area contributed by atoms with E-state index in [1.807, 2.05) is 0 Å². The molecule has 0 heterocycles. The molecule has 0 N–H and O–H groups in total. The molecular weight excluding hydrogens is 498 g/mol. The largest absolute Gasteiger partial charge is 0.0811 e. The van der Waals surface area contributed by atoms with E-state index in [1.165, 1.54) is 18.1 Å². The minimum atomic E-state index is 1.02. The first-order valence-corrected chi connectivity index (χ1v) is 7.03. The van der Waals surface area contributed by atoms with E-state index in [4.69, 9.17) is 0 Å². The van der Waals surface area contributed by atoms with Gasteiger partial charge in [-0.1, -0.05) is 54.5 Å². The summed E-state index contributed by atoms with van der Waals surface area (Å²) >= 11 is 11.7. The van der Waals surface area contributed by atoms with E-state index >= 15 is 0 Å². The second-order valence-electron chi connectivity index (χ2n) is 1.98. The molecule has 0 aliphatic heterocycles. The Kier molecular flexibility index (Phi) is 4.64. The van der Waals surface area contributed by atoms with Gasteiger partial charge in [0.2, 0.25) is 0 Å². The van der Waals surface area contributed by atoms with Crippen molar-refractivity contribution in [2.45, 2.75) is 4.43 Å². The van der Waals surface area contributed by atoms with Crippen molar-refractivity contribution in [3.63, 3.8) is 0 Å². The molecule has 0 amide bonds. The van der Waals surface area contributed by atoms with Gasteiger partial charge in [-0.05, 0) is 40.3 Å². The van der Waals surface area contributed by atoms with Crippen LogP contribution in [-0.4, -0.2) is 0 Å². The van der Waals surface area contributed by atoms with Crippen molar-refractivity contribution < 1.29 is 0 Å². The fourth-order valence-corrected chi connectivity index (χ4v) is 5.52. The van der Waals surface area contributed by atoms with E-state index in [2.05, 4.69) is 89.2 Å². The highest BCUT2D eigenvalue weighted by molar-refractivity contribution is 14.1. The Morgan fingerprint density at radius 1 is 1.18 bits per heavy atom. The lowest BCUT2D eigenvalue weighted by Crippen LogP contribution is -1.84. The van der Waals surface area contributed by atoms with Gasteiger partial charge >= 0.3 is 0 Å². The predicted octanol–water partition coefficient (Wildman–Crippen LogP) is 4.75. The number of halogens is 4. The summed E-state index contributed by atoms with van der Waals surface area (Å²) in [5, 5.41) is 0. The van der Waals surface area contributed by atoms with Gasteiger partial charge in [0.05, 0.1) is 0 Å². The summed E-state index contributed by atoms with van der Waals surface area (Å²) in [4.78, 5) is 0. The monoisotopic (exact) mass is 500 g/mol. The molecule has 0 saturated carbocycles. The van der Waals surface area contributed by atoms with Crippen LogP contribution in [0.25, 0.3) is 0 Å². The van der Waals surface area contributed by atoms with E-state index in [1.54, 1.807) is 0 Å². The maximum absolute atomic E-state index is 3.52. The average molecular weight is 502 g/mol. The average Bonchev–Trinajstić information content (AvgIpc) is 1.85. The first-order valence-electron chi connectivity index (χ1n) is 2.84. The summed E-state index contributed by atoms with van der Waals surface area (Å²) in [6.45, 7) is 0. The van der Waals surface area contributed by atoms with E-state index in [0.717, 1.165) is 4.43 Å². The van der Waals surface area contributed by atoms with Crippen molar-refractivity contribution in [3.8, 4) is 0 Å². The van der Waals surface area contributed by atoms with Crippen LogP contribution in [0.5, 0.6) is 0 Å². The fraction of sp³-hybridized carbons (Fsp3) is 0.143. The van der Waals surface area contributed by atoms with Gasteiger partial charge in [0.15, 0.2) is 0 Å². The molecule has 1 rings (SSSR count). The number of hydrogen-bond acceptors (Lipinski definition) is 0. The molecule has 60 valence electrons. The van der Waals surface area contributed by atoms with Gasteiger partial charge in [0.25, 0.3) is 0 Å². The van der Waals surface area contributed by atoms with Crippen molar-refractivity contribution in [3.05, 3.63) is 30.2 Å². The molecular formula is C7H4Br2I2. The van der Waals surface area contributed by atoms with Crippen LogP contribution in [-0.2, 0) is 4.43 Å². The van der Waals surface area contributed by atoms with Gasteiger partial charge in [0, 0.05) is 16.9 Å². The Hall–Kier alpha value is 1.64. The van der Waals surface area contributed by atoms with Crippen LogP contribution in [0.3, 0.4) is 0 Å². The van der Waals surface area contributed by atoms with E-state index in [0.29, 0.717) is 0 Å². The van der Waals surface area contributed by atoms with Crippen LogP contribution in [0.2, 0.25) is 0 Å². The maximum atomic E-state index is 3.52. The van der Waals surface area contributed by atoms with Gasteiger partial charge in [-0.2, -0.15) is 0 Å². The van der Waals surface area contributed by atoms with Crippen molar-refractivity contribution in [2.24, 2.45) is 0 Å². The lowest BCUT2D eigenvalue weighted by atomic mass is 10.2. The third-order valence-corrected chi connectivity index (χ3v) is 4.04. The summed E-state index contributed by atoms with van der Waals surface area (Å²) in [7, 11) is 0. The van der Waals surface area contributed by atoms with Crippen molar-refractivity contribution in [2.75, 3.05) is 0 Å². The quantitative estimate of drug-likeness (QED) is 0.385. The van der Waals surface area contributed by atoms with E-state index in [-0.39, 0.29) is 0 Å². The molecule has 0 aromatic heterocycles. The zero-order valence-corrected chi connectivity index (χ0v) is 12.9. The lowest BCUT2D eigenvalue weighted by Gasteiger charge is -2.03. The van der Waals surface area contributed by atoms with Gasteiger partial charge in [0.1, 0.15) is 0 Å². The molecule has 4 heteroatoms. The highest BCUT2D eigenvalue weighted by Crippen LogP contribution is 2.29. The van der Waals surface area contributed by atoms with Gasteiger partial charge < -0.3 is 0 Å². The Labute approximate surface area is 110 Å². The zero-order valence-electron chi connectivity index (χ0n) is 5.37. The summed E-state index contributed by atoms with van der Waals surface area (Å²) in [5.41, 5.74) is 1.33. The third-order valence-electron chi connectivity index (χ3n) is 1.24. The Bertz CT molecular complexity index is 250. The fourth-order valence-electron chi connectivity index (χ4n) is 0.700. The summed E-state index contributed by atoms with van der Waals surface area (Å²) in [5.74, 6) is 0. The normalized spacial score (nSPS) is 10.2. The van der Waals surface area contributed by atoms with Gasteiger partial charge in [-0.15, -0.1) is 0 Å². The Morgan fingerprint density at radius 3 is 2.00 bits per heavy atom. The smallest absolute Gasteiger partial charge is 0.0269 e. The van der Waals surface area contributed by atoms with Crippen LogP contribution in [0.15, 0.2) is 21.1 Å². The summed E-state index contributed by atoms with van der Waals surface area (Å²) in [6.07, 6.45) is 0. The molecule has 11 heavy (non-hydrogen) atoms. The molecule has 0 bridgehead atoms. The number of benzene rings is 1. The number of rotatable bonds is 1. The third kappa shape index (κ3) is 2.80. The lowest BCUT2D eigenvalue weighted by molar-refractivity contribution is 1.36. The second kappa shape index (κ2) is 4.76. The van der Waals surface area contributed by atoms with Crippen LogP contribution in [0.4, 0.5) is 0 Å². The minimum absolute atomic E-state index is 1.02. The molecule has 1 aromatic carbocycles. The van der Waals surface area contributed by atoms with E-state index < -0.39 is 0 Å². The molecule has 1 aromatic rings. The van der Waals surface area contributed by atoms with Crippen molar-refractivity contribution in [1.29, 1.82) is 0 Å². The summed E-state index contributed by atoms with van der Waals surface area (Å²) < 4.78 is 4.64. The van der Waals surface area contributed by atoms with Crippen LogP contribution >= 0.6 is 77.0 Å². The van der Waals surface area contributed by atoms with Crippen LogP contribution in [0.1, 0.15) is 5.56 Å². The Morgan fingerprint density at radius 2 is 1.64 bits per heavy atom. The zero-order chi connectivity index (χ0) is 8.43. The molecule has 0 atom stereocenters. The van der Waals surface area contributed by atoms with Crippen molar-refractivity contribution in [1.82, 2.24) is 0 Å². The topological polar surface area (TPSA) is 0 Å². The molecule has 0 nitrogen and oxygen atoms in total. The van der Waals surface area contributed by atoms with Gasteiger partial charge in [-0.3, -0.25) is 0 Å². The summed E-state index contributed by atoms with van der Waals surface area (Å²) in [6, 6.07) is 4.25. The first-order chi connectivity index (χ1) is 5.15. The van der Waals surface area contributed by atoms with Gasteiger partial charge in [-0.25, -0.2) is 0 Å². The highest BCUT2D eigenvalue weighted by Gasteiger charge is 2.03. The van der Waals surface area contributed by atoms with Crippen LogP contribution < -0.4 is 0 Å². The minimum Gasteiger partial charge on any atom is -0.0811 e. The predicted molar refractivity (Wildman–Crippen MR) is 72.3 cm³/mol. The molecule has 0 radical (unpaired) electrons. The second-order valence-corrected chi connectivity index (χ2v) is 5.70. The van der Waals surface area contributed by atoms with Crippen molar-refractivity contribution >= 4 is 77.0 Å². The molecule has 0 fully saturated rings. The molecule has 0 saturated heterocycles. The highest BCUT2D eigenvalue weighted by atomic mass is 127. The molecule has 0 aliphatic rings.